The van der Waals surface area contributed by atoms with Crippen LogP contribution in [0.15, 0.2) is 36.4 Å². The Hall–Kier alpha value is -0.730. The van der Waals surface area contributed by atoms with E-state index in [1.807, 2.05) is 49.4 Å². The van der Waals surface area contributed by atoms with Crippen molar-refractivity contribution in [1.82, 2.24) is 0 Å². The molecule has 1 aromatic carbocycles. The summed E-state index contributed by atoms with van der Waals surface area (Å²) in [5.74, 6) is 0.909. The Morgan fingerprint density at radius 1 is 1.36 bits per heavy atom. The molecule has 1 rings (SSSR count). The number of rotatable bonds is 4. The van der Waals surface area contributed by atoms with E-state index in [0.717, 1.165) is 11.3 Å². The Morgan fingerprint density at radius 3 is 2.57 bits per heavy atom. The van der Waals surface area contributed by atoms with Crippen molar-refractivity contribution in [3.05, 3.63) is 42.0 Å². The molecule has 1 aromatic rings. The van der Waals surface area contributed by atoms with Gasteiger partial charge in [0.05, 0.1) is 0 Å². The second kappa shape index (κ2) is 5.23. The molecule has 1 unspecified atom stereocenters. The van der Waals surface area contributed by atoms with Crippen molar-refractivity contribution in [2.75, 3.05) is 5.75 Å². The van der Waals surface area contributed by atoms with Gasteiger partial charge in [-0.3, -0.25) is 0 Å². The van der Waals surface area contributed by atoms with Crippen LogP contribution < -0.4 is 0 Å². The van der Waals surface area contributed by atoms with Crippen LogP contribution in [0.1, 0.15) is 19.4 Å². The third kappa shape index (κ3) is 3.99. The molecule has 0 bridgehead atoms. The van der Waals surface area contributed by atoms with Crippen LogP contribution in [-0.4, -0.2) is 15.8 Å². The van der Waals surface area contributed by atoms with Gasteiger partial charge < -0.3 is 5.11 Å². The maximum absolute atomic E-state index is 9.85. The first-order chi connectivity index (χ1) is 6.64. The Labute approximate surface area is 89.8 Å². The van der Waals surface area contributed by atoms with E-state index in [2.05, 4.69) is 0 Å². The zero-order chi connectivity index (χ0) is 10.4. The molecule has 14 heavy (non-hydrogen) atoms. The maximum Gasteiger partial charge on any atom is 0.126 e. The van der Waals surface area contributed by atoms with Gasteiger partial charge in [-0.15, -0.1) is 11.8 Å². The molecule has 0 heterocycles. The van der Waals surface area contributed by atoms with E-state index in [9.17, 15) is 5.11 Å². The fraction of sp³-hybridized carbons (Fsp3) is 0.333. The highest BCUT2D eigenvalue weighted by atomic mass is 32.2. The summed E-state index contributed by atoms with van der Waals surface area (Å²) in [5, 5.41) is 9.85. The standard InChI is InChI=1S/C12H16OS/c1-3-14-12(2,13)10-9-11-7-5-4-6-8-11/h4-10,13H,3H2,1-2H3/b10-9+. The average molecular weight is 208 g/mol. The van der Waals surface area contributed by atoms with Crippen molar-refractivity contribution in [2.45, 2.75) is 18.8 Å². The van der Waals surface area contributed by atoms with Crippen LogP contribution in [0.25, 0.3) is 6.08 Å². The van der Waals surface area contributed by atoms with Crippen LogP contribution >= 0.6 is 11.8 Å². The maximum atomic E-state index is 9.85. The van der Waals surface area contributed by atoms with Gasteiger partial charge in [-0.25, -0.2) is 0 Å². The Kier molecular flexibility index (Phi) is 4.23. The van der Waals surface area contributed by atoms with Gasteiger partial charge in [0.1, 0.15) is 4.93 Å². The molecule has 1 N–H and O–H groups in total. The first-order valence-corrected chi connectivity index (χ1v) is 5.73. The molecule has 76 valence electrons. The number of benzene rings is 1. The van der Waals surface area contributed by atoms with E-state index in [4.69, 9.17) is 0 Å². The van der Waals surface area contributed by atoms with Crippen LogP contribution in [0.5, 0.6) is 0 Å². The van der Waals surface area contributed by atoms with Gasteiger partial charge in [0.2, 0.25) is 0 Å². The number of thioether (sulfide) groups is 1. The molecule has 0 spiro atoms. The lowest BCUT2D eigenvalue weighted by Crippen LogP contribution is -2.14. The summed E-state index contributed by atoms with van der Waals surface area (Å²) >= 11 is 1.52. The summed E-state index contributed by atoms with van der Waals surface area (Å²) < 4.78 is 0. The SMILES string of the molecule is CCSC(C)(O)/C=C/c1ccccc1. The van der Waals surface area contributed by atoms with Crippen molar-refractivity contribution in [1.29, 1.82) is 0 Å². The Bertz CT molecular complexity index is 290. The molecule has 0 aliphatic carbocycles. The molecule has 0 aliphatic heterocycles. The molecule has 0 amide bonds. The predicted molar refractivity (Wildman–Crippen MR) is 64.2 cm³/mol. The Morgan fingerprint density at radius 2 is 2.00 bits per heavy atom. The van der Waals surface area contributed by atoms with E-state index in [-0.39, 0.29) is 0 Å². The fourth-order valence-electron chi connectivity index (χ4n) is 1.16. The summed E-state index contributed by atoms with van der Waals surface area (Å²) in [6, 6.07) is 9.99. The Balaban J connectivity index is 2.64. The van der Waals surface area contributed by atoms with Crippen molar-refractivity contribution in [2.24, 2.45) is 0 Å². The summed E-state index contributed by atoms with van der Waals surface area (Å²) in [7, 11) is 0. The molecule has 0 aliphatic rings. The highest BCUT2D eigenvalue weighted by molar-refractivity contribution is 8.00. The van der Waals surface area contributed by atoms with Crippen molar-refractivity contribution in [3.8, 4) is 0 Å². The van der Waals surface area contributed by atoms with E-state index >= 15 is 0 Å². The molecular formula is C12H16OS. The number of hydrogen-bond acceptors (Lipinski definition) is 2. The van der Waals surface area contributed by atoms with Gasteiger partial charge >= 0.3 is 0 Å². The molecule has 0 fully saturated rings. The van der Waals surface area contributed by atoms with Gasteiger partial charge in [0.15, 0.2) is 0 Å². The normalized spacial score (nSPS) is 15.6. The lowest BCUT2D eigenvalue weighted by Gasteiger charge is -2.16. The molecule has 0 radical (unpaired) electrons. The van der Waals surface area contributed by atoms with Gasteiger partial charge in [0, 0.05) is 0 Å². The molecule has 0 saturated carbocycles. The monoisotopic (exact) mass is 208 g/mol. The third-order valence-corrected chi connectivity index (χ3v) is 2.83. The second-order valence-electron chi connectivity index (χ2n) is 3.23. The molecule has 0 saturated heterocycles. The van der Waals surface area contributed by atoms with E-state index in [1.165, 1.54) is 11.8 Å². The van der Waals surface area contributed by atoms with Gasteiger partial charge in [0.25, 0.3) is 0 Å². The van der Waals surface area contributed by atoms with Crippen LogP contribution in [0.4, 0.5) is 0 Å². The largest absolute Gasteiger partial charge is 0.376 e. The highest BCUT2D eigenvalue weighted by Gasteiger charge is 2.14. The third-order valence-electron chi connectivity index (χ3n) is 1.82. The summed E-state index contributed by atoms with van der Waals surface area (Å²) in [6.45, 7) is 3.84. The minimum absolute atomic E-state index is 0.759. The highest BCUT2D eigenvalue weighted by Crippen LogP contribution is 2.23. The summed E-state index contributed by atoms with van der Waals surface area (Å²) in [5.41, 5.74) is 1.12. The first-order valence-electron chi connectivity index (χ1n) is 4.74. The van der Waals surface area contributed by atoms with Crippen LogP contribution in [0.3, 0.4) is 0 Å². The van der Waals surface area contributed by atoms with Crippen molar-refractivity contribution in [3.63, 3.8) is 0 Å². The summed E-state index contributed by atoms with van der Waals surface area (Å²) in [6.07, 6.45) is 3.78. The summed E-state index contributed by atoms with van der Waals surface area (Å²) in [4.78, 5) is -0.759. The van der Waals surface area contributed by atoms with E-state index in [1.54, 1.807) is 6.92 Å². The smallest absolute Gasteiger partial charge is 0.126 e. The van der Waals surface area contributed by atoms with Gasteiger partial charge in [-0.1, -0.05) is 43.3 Å². The van der Waals surface area contributed by atoms with Crippen LogP contribution in [-0.2, 0) is 0 Å². The van der Waals surface area contributed by atoms with Gasteiger partial charge in [-0.05, 0) is 24.3 Å². The quantitative estimate of drug-likeness (QED) is 0.767. The first kappa shape index (κ1) is 11.3. The van der Waals surface area contributed by atoms with Crippen molar-refractivity contribution < 1.29 is 5.11 Å². The zero-order valence-corrected chi connectivity index (χ0v) is 9.42. The topological polar surface area (TPSA) is 20.2 Å². The molecule has 2 heteroatoms. The fourth-order valence-corrected chi connectivity index (χ4v) is 1.90. The van der Waals surface area contributed by atoms with Crippen LogP contribution in [0.2, 0.25) is 0 Å². The van der Waals surface area contributed by atoms with E-state index < -0.39 is 4.93 Å². The van der Waals surface area contributed by atoms with E-state index in [0.29, 0.717) is 0 Å². The number of hydrogen-bond donors (Lipinski definition) is 1. The van der Waals surface area contributed by atoms with Crippen molar-refractivity contribution >= 4 is 17.8 Å². The van der Waals surface area contributed by atoms with Crippen LogP contribution in [0, 0.1) is 0 Å². The minimum atomic E-state index is -0.759. The molecule has 1 atom stereocenters. The predicted octanol–water partition coefficient (Wildman–Crippen LogP) is 3.16. The molecular weight excluding hydrogens is 192 g/mol. The zero-order valence-electron chi connectivity index (χ0n) is 8.60. The average Bonchev–Trinajstić information content (AvgIpc) is 2.17. The lowest BCUT2D eigenvalue weighted by molar-refractivity contribution is 0.210. The lowest BCUT2D eigenvalue weighted by atomic mass is 10.2. The molecule has 1 nitrogen and oxygen atoms in total. The molecule has 0 aromatic heterocycles. The minimum Gasteiger partial charge on any atom is -0.376 e. The van der Waals surface area contributed by atoms with Gasteiger partial charge in [-0.2, -0.15) is 0 Å². The second-order valence-corrected chi connectivity index (χ2v) is 4.92. The number of aliphatic hydroxyl groups is 1.